The third-order valence-electron chi connectivity index (χ3n) is 2.45. The molecule has 0 saturated heterocycles. The van der Waals surface area contributed by atoms with Gasteiger partial charge in [0.1, 0.15) is 11.2 Å². The van der Waals surface area contributed by atoms with E-state index in [1.807, 2.05) is 0 Å². The summed E-state index contributed by atoms with van der Waals surface area (Å²) in [5.74, 6) is 5.46. The maximum absolute atomic E-state index is 12.4. The highest BCUT2D eigenvalue weighted by Crippen LogP contribution is 2.18. The minimum Gasteiger partial charge on any atom is -0.395 e. The van der Waals surface area contributed by atoms with Gasteiger partial charge >= 0.3 is 0 Å². The van der Waals surface area contributed by atoms with Crippen molar-refractivity contribution in [3.8, 4) is 11.8 Å². The number of hydrogen-bond acceptors (Lipinski definition) is 5. The van der Waals surface area contributed by atoms with Crippen molar-refractivity contribution in [2.75, 3.05) is 11.3 Å². The second-order valence-electron chi connectivity index (χ2n) is 4.00. The second-order valence-corrected chi connectivity index (χ2v) is 5.66. The Bertz CT molecular complexity index is 765. The van der Waals surface area contributed by atoms with Crippen LogP contribution in [-0.4, -0.2) is 30.1 Å². The van der Waals surface area contributed by atoms with Crippen LogP contribution in [0.3, 0.4) is 0 Å². The molecule has 0 aliphatic carbocycles. The molecule has 1 heterocycles. The van der Waals surface area contributed by atoms with Gasteiger partial charge in [-0.2, -0.15) is 0 Å². The lowest BCUT2D eigenvalue weighted by Gasteiger charge is -2.08. The maximum Gasteiger partial charge on any atom is 0.263 e. The first-order chi connectivity index (χ1) is 10.1. The molecular weight excluding hydrogens is 290 g/mol. The summed E-state index contributed by atoms with van der Waals surface area (Å²) in [4.78, 5) is 7.57. The Morgan fingerprint density at radius 1 is 1.19 bits per heavy atom. The normalized spacial score (nSPS) is 10.5. The van der Waals surface area contributed by atoms with Gasteiger partial charge in [-0.1, -0.05) is 24.0 Å². The highest BCUT2D eigenvalue weighted by Gasteiger charge is 2.17. The first-order valence-electron chi connectivity index (χ1n) is 6.10. The van der Waals surface area contributed by atoms with Crippen LogP contribution in [0.4, 0.5) is 5.69 Å². The van der Waals surface area contributed by atoms with Crippen LogP contribution in [0.25, 0.3) is 0 Å². The summed E-state index contributed by atoms with van der Waals surface area (Å²) >= 11 is 0. The van der Waals surface area contributed by atoms with Crippen molar-refractivity contribution < 1.29 is 13.5 Å². The van der Waals surface area contributed by atoms with Gasteiger partial charge in [0.25, 0.3) is 10.0 Å². The Labute approximate surface area is 122 Å². The minimum absolute atomic E-state index is 0.0679. The highest BCUT2D eigenvalue weighted by molar-refractivity contribution is 7.92. The fourth-order valence-electron chi connectivity index (χ4n) is 1.58. The molecule has 2 N–H and O–H groups in total. The van der Waals surface area contributed by atoms with Crippen molar-refractivity contribution >= 4 is 15.7 Å². The number of anilines is 1. The number of aliphatic hydroxyl groups excluding tert-OH is 1. The van der Waals surface area contributed by atoms with E-state index in [2.05, 4.69) is 26.5 Å². The molecule has 6 nitrogen and oxygen atoms in total. The zero-order chi connectivity index (χ0) is 15.1. The van der Waals surface area contributed by atoms with Gasteiger partial charge in [-0.05, 0) is 12.1 Å². The van der Waals surface area contributed by atoms with Crippen molar-refractivity contribution in [2.24, 2.45) is 0 Å². The Balaban J connectivity index is 2.35. The van der Waals surface area contributed by atoms with Crippen LogP contribution in [0.1, 0.15) is 12.0 Å². The van der Waals surface area contributed by atoms with E-state index >= 15 is 0 Å². The van der Waals surface area contributed by atoms with Gasteiger partial charge in [0.15, 0.2) is 0 Å². The van der Waals surface area contributed by atoms with Gasteiger partial charge in [0.05, 0.1) is 24.7 Å². The van der Waals surface area contributed by atoms with E-state index in [9.17, 15) is 8.42 Å². The van der Waals surface area contributed by atoms with Crippen LogP contribution in [0.15, 0.2) is 47.9 Å². The Morgan fingerprint density at radius 3 is 2.62 bits per heavy atom. The molecule has 0 aliphatic rings. The number of aliphatic hydroxyl groups is 1. The summed E-state index contributed by atoms with van der Waals surface area (Å²) in [6.45, 7) is -0.0679. The summed E-state index contributed by atoms with van der Waals surface area (Å²) in [6.07, 6.45) is 4.33. The summed E-state index contributed by atoms with van der Waals surface area (Å²) in [5, 5.41) is 8.72. The SMILES string of the molecule is O=S(=O)(Nc1cncnc1)c1ccccc1C#CCCO. The zero-order valence-electron chi connectivity index (χ0n) is 11.0. The molecule has 7 heteroatoms. The molecule has 0 bridgehead atoms. The van der Waals surface area contributed by atoms with Gasteiger partial charge in [0.2, 0.25) is 0 Å². The monoisotopic (exact) mass is 303 g/mol. The lowest BCUT2D eigenvalue weighted by Crippen LogP contribution is -2.14. The van der Waals surface area contributed by atoms with Gasteiger partial charge in [0, 0.05) is 12.0 Å². The lowest BCUT2D eigenvalue weighted by molar-refractivity contribution is 0.305. The topological polar surface area (TPSA) is 92.2 Å². The van der Waals surface area contributed by atoms with Crippen molar-refractivity contribution in [3.05, 3.63) is 48.5 Å². The van der Waals surface area contributed by atoms with Crippen LogP contribution in [0.5, 0.6) is 0 Å². The maximum atomic E-state index is 12.4. The molecule has 1 aromatic carbocycles. The molecule has 0 unspecified atom stereocenters. The average Bonchev–Trinajstić information content (AvgIpc) is 2.48. The van der Waals surface area contributed by atoms with E-state index in [0.717, 1.165) is 0 Å². The number of aromatic nitrogens is 2. The van der Waals surface area contributed by atoms with Crippen molar-refractivity contribution in [1.29, 1.82) is 0 Å². The predicted octanol–water partition coefficient (Wildman–Crippen LogP) is 1.01. The first kappa shape index (κ1) is 15.0. The molecule has 1 aromatic heterocycles. The zero-order valence-corrected chi connectivity index (χ0v) is 11.8. The van der Waals surface area contributed by atoms with E-state index in [1.54, 1.807) is 18.2 Å². The molecular formula is C14H13N3O3S. The Hall–Kier alpha value is -2.43. The predicted molar refractivity (Wildman–Crippen MR) is 77.9 cm³/mol. The summed E-state index contributed by atoms with van der Waals surface area (Å²) < 4.78 is 27.1. The number of nitrogens with zero attached hydrogens (tertiary/aromatic N) is 2. The standard InChI is InChI=1S/C14H13N3O3S/c18-8-4-3-6-12-5-1-2-7-14(12)21(19,20)17-13-9-15-11-16-10-13/h1-2,5,7,9-11,17-18H,4,8H2. The van der Waals surface area contributed by atoms with Crippen LogP contribution >= 0.6 is 0 Å². The molecule has 0 aliphatic heterocycles. The van der Waals surface area contributed by atoms with E-state index in [4.69, 9.17) is 5.11 Å². The van der Waals surface area contributed by atoms with Crippen molar-refractivity contribution in [2.45, 2.75) is 11.3 Å². The van der Waals surface area contributed by atoms with Gasteiger partial charge in [-0.15, -0.1) is 0 Å². The van der Waals surface area contributed by atoms with Crippen LogP contribution in [0, 0.1) is 11.8 Å². The number of benzene rings is 1. The molecule has 0 saturated carbocycles. The molecule has 0 radical (unpaired) electrons. The van der Waals surface area contributed by atoms with Crippen molar-refractivity contribution in [3.63, 3.8) is 0 Å². The summed E-state index contributed by atoms with van der Waals surface area (Å²) in [5.41, 5.74) is 0.644. The average molecular weight is 303 g/mol. The summed E-state index contributed by atoms with van der Waals surface area (Å²) in [7, 11) is -3.78. The largest absolute Gasteiger partial charge is 0.395 e. The third-order valence-corrected chi connectivity index (χ3v) is 3.89. The highest BCUT2D eigenvalue weighted by atomic mass is 32.2. The fourth-order valence-corrected chi connectivity index (χ4v) is 2.77. The molecule has 0 spiro atoms. The molecule has 0 fully saturated rings. The lowest BCUT2D eigenvalue weighted by atomic mass is 10.2. The van der Waals surface area contributed by atoms with Gasteiger partial charge < -0.3 is 5.11 Å². The van der Waals surface area contributed by atoms with E-state index in [0.29, 0.717) is 5.56 Å². The smallest absolute Gasteiger partial charge is 0.263 e. The molecule has 2 rings (SSSR count). The van der Waals surface area contributed by atoms with Crippen LogP contribution in [-0.2, 0) is 10.0 Å². The molecule has 21 heavy (non-hydrogen) atoms. The van der Waals surface area contributed by atoms with Crippen LogP contribution < -0.4 is 4.72 Å². The number of hydrogen-bond donors (Lipinski definition) is 2. The Kier molecular flexibility index (Phi) is 4.87. The molecule has 108 valence electrons. The Morgan fingerprint density at radius 2 is 1.90 bits per heavy atom. The van der Waals surface area contributed by atoms with Gasteiger partial charge in [-0.25, -0.2) is 18.4 Å². The number of sulfonamides is 1. The molecule has 0 atom stereocenters. The fraction of sp³-hybridized carbons (Fsp3) is 0.143. The van der Waals surface area contributed by atoms with E-state index in [-0.39, 0.29) is 23.6 Å². The first-order valence-corrected chi connectivity index (χ1v) is 7.58. The number of rotatable bonds is 4. The van der Waals surface area contributed by atoms with E-state index in [1.165, 1.54) is 24.8 Å². The molecule has 2 aromatic rings. The van der Waals surface area contributed by atoms with Gasteiger partial charge in [-0.3, -0.25) is 4.72 Å². The van der Waals surface area contributed by atoms with E-state index < -0.39 is 10.0 Å². The van der Waals surface area contributed by atoms with Crippen LogP contribution in [0.2, 0.25) is 0 Å². The quantitative estimate of drug-likeness (QED) is 0.822. The molecule has 0 amide bonds. The van der Waals surface area contributed by atoms with Crippen molar-refractivity contribution in [1.82, 2.24) is 9.97 Å². The summed E-state index contributed by atoms with van der Waals surface area (Å²) in [6, 6.07) is 6.40. The third kappa shape index (κ3) is 4.02. The second kappa shape index (κ2) is 6.83. The number of nitrogens with one attached hydrogen (secondary N) is 1. The minimum atomic E-state index is -3.78.